The molecule has 0 amide bonds. The third-order valence-corrected chi connectivity index (χ3v) is 5.22. The number of nitrogens with zero attached hydrogens (tertiary/aromatic N) is 4. The highest BCUT2D eigenvalue weighted by molar-refractivity contribution is 14.0. The SMILES string of the molecule is CCNC(=NCc1ccc([N+](=O)[O-])cc1)N1CCN(c2cccs2)CC1.I. The number of nitrogens with one attached hydrogen (secondary N) is 1. The van der Waals surface area contributed by atoms with Gasteiger partial charge in [-0.3, -0.25) is 10.1 Å². The topological polar surface area (TPSA) is 74.0 Å². The van der Waals surface area contributed by atoms with Crippen molar-refractivity contribution in [1.29, 1.82) is 0 Å². The summed E-state index contributed by atoms with van der Waals surface area (Å²) in [6.45, 7) is 7.16. The first kappa shape index (κ1) is 21.4. The predicted molar refractivity (Wildman–Crippen MR) is 121 cm³/mol. The maximum absolute atomic E-state index is 10.7. The molecule has 1 saturated heterocycles. The lowest BCUT2D eigenvalue weighted by Crippen LogP contribution is -2.52. The number of hydrogen-bond acceptors (Lipinski definition) is 5. The van der Waals surface area contributed by atoms with Gasteiger partial charge in [0.25, 0.3) is 5.69 Å². The molecule has 0 radical (unpaired) electrons. The Morgan fingerprint density at radius 2 is 1.93 bits per heavy atom. The summed E-state index contributed by atoms with van der Waals surface area (Å²) >= 11 is 1.77. The Labute approximate surface area is 180 Å². The molecule has 1 aliphatic rings. The van der Waals surface area contributed by atoms with E-state index in [-0.39, 0.29) is 34.6 Å². The first-order valence-corrected chi connectivity index (χ1v) is 9.60. The highest BCUT2D eigenvalue weighted by Crippen LogP contribution is 2.22. The Bertz CT molecular complexity index is 744. The van der Waals surface area contributed by atoms with Gasteiger partial charge in [-0.2, -0.15) is 0 Å². The Morgan fingerprint density at radius 3 is 2.48 bits per heavy atom. The standard InChI is InChI=1S/C18H23N5O2S.HI/c1-2-19-18(20-14-15-5-7-16(8-6-15)23(24)25)22-11-9-21(10-12-22)17-4-3-13-26-17;/h3-8,13H,2,9-12,14H2,1H3,(H,19,20);1H. The van der Waals surface area contributed by atoms with Crippen molar-refractivity contribution in [2.24, 2.45) is 4.99 Å². The van der Waals surface area contributed by atoms with Gasteiger partial charge < -0.3 is 15.1 Å². The second kappa shape index (κ2) is 10.5. The molecule has 0 bridgehead atoms. The van der Waals surface area contributed by atoms with E-state index in [1.807, 2.05) is 0 Å². The fourth-order valence-corrected chi connectivity index (χ4v) is 3.69. The molecule has 1 aromatic carbocycles. The molecular formula is C18H24IN5O2S. The van der Waals surface area contributed by atoms with Gasteiger partial charge >= 0.3 is 0 Å². The van der Waals surface area contributed by atoms with Crippen LogP contribution in [0.25, 0.3) is 0 Å². The molecule has 0 aliphatic carbocycles. The van der Waals surface area contributed by atoms with E-state index in [4.69, 9.17) is 4.99 Å². The van der Waals surface area contributed by atoms with Gasteiger partial charge in [0.05, 0.1) is 16.5 Å². The van der Waals surface area contributed by atoms with E-state index < -0.39 is 0 Å². The number of non-ortho nitro benzene ring substituents is 1. The summed E-state index contributed by atoms with van der Waals surface area (Å²) in [5.74, 6) is 0.900. The van der Waals surface area contributed by atoms with Gasteiger partial charge in [0.1, 0.15) is 0 Å². The fraction of sp³-hybridized carbons (Fsp3) is 0.389. The fourth-order valence-electron chi connectivity index (χ4n) is 2.90. The number of hydrogen-bond donors (Lipinski definition) is 1. The van der Waals surface area contributed by atoms with Gasteiger partial charge in [0, 0.05) is 44.9 Å². The minimum Gasteiger partial charge on any atom is -0.360 e. The average molecular weight is 501 g/mol. The normalized spacial score (nSPS) is 14.6. The lowest BCUT2D eigenvalue weighted by Gasteiger charge is -2.37. The summed E-state index contributed by atoms with van der Waals surface area (Å²) in [7, 11) is 0. The zero-order valence-electron chi connectivity index (χ0n) is 15.2. The minimum atomic E-state index is -0.385. The van der Waals surface area contributed by atoms with Crippen LogP contribution in [0.1, 0.15) is 12.5 Å². The van der Waals surface area contributed by atoms with Crippen molar-refractivity contribution in [2.45, 2.75) is 13.5 Å². The number of nitro groups is 1. The highest BCUT2D eigenvalue weighted by Gasteiger charge is 2.20. The number of halogens is 1. The number of benzene rings is 1. The summed E-state index contributed by atoms with van der Waals surface area (Å²) in [5, 5.41) is 17.5. The van der Waals surface area contributed by atoms with E-state index in [2.05, 4.69) is 39.6 Å². The number of anilines is 1. The second-order valence-electron chi connectivity index (χ2n) is 6.02. The van der Waals surface area contributed by atoms with E-state index in [9.17, 15) is 10.1 Å². The van der Waals surface area contributed by atoms with Crippen LogP contribution in [-0.2, 0) is 6.54 Å². The lowest BCUT2D eigenvalue weighted by molar-refractivity contribution is -0.384. The van der Waals surface area contributed by atoms with Gasteiger partial charge in [-0.05, 0) is 30.0 Å². The summed E-state index contributed by atoms with van der Waals surface area (Å²) in [5.41, 5.74) is 1.07. The molecule has 0 atom stereocenters. The number of thiophene rings is 1. The monoisotopic (exact) mass is 501 g/mol. The molecule has 3 rings (SSSR count). The van der Waals surface area contributed by atoms with Crippen LogP contribution in [0.5, 0.6) is 0 Å². The maximum Gasteiger partial charge on any atom is 0.269 e. The highest BCUT2D eigenvalue weighted by atomic mass is 127. The third kappa shape index (κ3) is 5.80. The van der Waals surface area contributed by atoms with Crippen LogP contribution in [0.3, 0.4) is 0 Å². The van der Waals surface area contributed by atoms with Crippen molar-refractivity contribution in [2.75, 3.05) is 37.6 Å². The number of guanidine groups is 1. The number of rotatable bonds is 5. The largest absolute Gasteiger partial charge is 0.360 e. The van der Waals surface area contributed by atoms with Crippen molar-refractivity contribution in [3.05, 3.63) is 57.5 Å². The molecule has 0 unspecified atom stereocenters. The molecule has 1 aliphatic heterocycles. The number of piperazine rings is 1. The van der Waals surface area contributed by atoms with E-state index in [1.165, 1.54) is 17.1 Å². The maximum atomic E-state index is 10.7. The van der Waals surface area contributed by atoms with Crippen LogP contribution in [0.15, 0.2) is 46.8 Å². The van der Waals surface area contributed by atoms with Crippen LogP contribution in [0.2, 0.25) is 0 Å². The Morgan fingerprint density at radius 1 is 1.22 bits per heavy atom. The van der Waals surface area contributed by atoms with Crippen LogP contribution in [0.4, 0.5) is 10.7 Å². The molecular weight excluding hydrogens is 477 g/mol. The molecule has 7 nitrogen and oxygen atoms in total. The molecule has 1 aromatic heterocycles. The van der Waals surface area contributed by atoms with E-state index in [0.29, 0.717) is 6.54 Å². The smallest absolute Gasteiger partial charge is 0.269 e. The molecule has 1 fully saturated rings. The summed E-state index contributed by atoms with van der Waals surface area (Å²) < 4.78 is 0. The van der Waals surface area contributed by atoms with Crippen LogP contribution in [-0.4, -0.2) is 48.5 Å². The third-order valence-electron chi connectivity index (χ3n) is 4.29. The van der Waals surface area contributed by atoms with Gasteiger partial charge in [-0.25, -0.2) is 4.99 Å². The van der Waals surface area contributed by atoms with Crippen molar-refractivity contribution in [1.82, 2.24) is 10.2 Å². The Kier molecular flexibility index (Phi) is 8.29. The minimum absolute atomic E-state index is 0. The Hall–Kier alpha value is -1.88. The predicted octanol–water partition coefficient (Wildman–Crippen LogP) is 3.56. The molecule has 9 heteroatoms. The zero-order valence-corrected chi connectivity index (χ0v) is 18.4. The number of aliphatic imine (C=N–C) groups is 1. The van der Waals surface area contributed by atoms with Crippen LogP contribution < -0.4 is 10.2 Å². The number of nitro benzene ring substituents is 1. The van der Waals surface area contributed by atoms with Gasteiger partial charge in [0.15, 0.2) is 5.96 Å². The average Bonchev–Trinajstić information content (AvgIpc) is 3.20. The van der Waals surface area contributed by atoms with Crippen molar-refractivity contribution in [3.63, 3.8) is 0 Å². The molecule has 1 N–H and O–H groups in total. The van der Waals surface area contributed by atoms with E-state index in [0.717, 1.165) is 44.2 Å². The summed E-state index contributed by atoms with van der Waals surface area (Å²) in [6.07, 6.45) is 0. The second-order valence-corrected chi connectivity index (χ2v) is 6.95. The first-order chi connectivity index (χ1) is 12.7. The van der Waals surface area contributed by atoms with Crippen molar-refractivity contribution >= 4 is 52.0 Å². The summed E-state index contributed by atoms with van der Waals surface area (Å²) in [6, 6.07) is 10.8. The quantitative estimate of drug-likeness (QED) is 0.223. The van der Waals surface area contributed by atoms with Crippen molar-refractivity contribution in [3.8, 4) is 0 Å². The molecule has 0 spiro atoms. The molecule has 2 aromatic rings. The summed E-state index contributed by atoms with van der Waals surface area (Å²) in [4.78, 5) is 19.8. The molecule has 27 heavy (non-hydrogen) atoms. The van der Waals surface area contributed by atoms with Gasteiger partial charge in [-0.1, -0.05) is 12.1 Å². The Balaban J connectivity index is 0.00000261. The van der Waals surface area contributed by atoms with E-state index >= 15 is 0 Å². The molecule has 0 saturated carbocycles. The van der Waals surface area contributed by atoms with Gasteiger partial charge in [-0.15, -0.1) is 35.3 Å². The van der Waals surface area contributed by atoms with Gasteiger partial charge in [0.2, 0.25) is 0 Å². The van der Waals surface area contributed by atoms with Crippen molar-refractivity contribution < 1.29 is 4.92 Å². The van der Waals surface area contributed by atoms with Crippen LogP contribution in [0, 0.1) is 10.1 Å². The molecule has 2 heterocycles. The first-order valence-electron chi connectivity index (χ1n) is 8.72. The molecule has 146 valence electrons. The lowest BCUT2D eigenvalue weighted by atomic mass is 10.2. The van der Waals surface area contributed by atoms with E-state index in [1.54, 1.807) is 23.5 Å². The van der Waals surface area contributed by atoms with Crippen LogP contribution >= 0.6 is 35.3 Å². The zero-order chi connectivity index (χ0) is 18.4.